The Bertz CT molecular complexity index is 444. The van der Waals surface area contributed by atoms with Crippen molar-refractivity contribution >= 4 is 0 Å². The van der Waals surface area contributed by atoms with Gasteiger partial charge in [0.15, 0.2) is 0 Å². The first-order valence-electron chi connectivity index (χ1n) is 5.84. The van der Waals surface area contributed by atoms with Crippen molar-refractivity contribution < 1.29 is 4.42 Å². The lowest BCUT2D eigenvalue weighted by atomic mass is 10.1. The molecular weight excluding hydrogens is 200 g/mol. The number of hydrogen-bond donors (Lipinski definition) is 1. The second-order valence-electron chi connectivity index (χ2n) is 4.25. The van der Waals surface area contributed by atoms with Gasteiger partial charge in [-0.3, -0.25) is 0 Å². The van der Waals surface area contributed by atoms with Crippen LogP contribution < -0.4 is 5.32 Å². The Morgan fingerprint density at radius 2 is 2.38 bits per heavy atom. The van der Waals surface area contributed by atoms with Crippen LogP contribution in [0.3, 0.4) is 0 Å². The number of aromatic nitrogens is 1. The molecule has 16 heavy (non-hydrogen) atoms. The van der Waals surface area contributed by atoms with E-state index in [4.69, 9.17) is 4.42 Å². The number of hydrogen-bond acceptors (Lipinski definition) is 2. The third-order valence-corrected chi connectivity index (χ3v) is 3.22. The fourth-order valence-corrected chi connectivity index (χ4v) is 2.40. The Morgan fingerprint density at radius 3 is 3.25 bits per heavy atom. The minimum Gasteiger partial charge on any atom is -0.469 e. The molecule has 3 heteroatoms. The normalized spacial score (nSPS) is 19.6. The van der Waals surface area contributed by atoms with Crippen molar-refractivity contribution in [3.8, 4) is 0 Å². The summed E-state index contributed by atoms with van der Waals surface area (Å²) in [5, 5.41) is 3.56. The molecule has 1 atom stereocenters. The number of aryl methyl sites for hydroxylation is 1. The van der Waals surface area contributed by atoms with Gasteiger partial charge in [-0.15, -0.1) is 0 Å². The van der Waals surface area contributed by atoms with Crippen LogP contribution in [-0.4, -0.2) is 11.1 Å². The molecule has 1 aliphatic rings. The maximum atomic E-state index is 5.36. The largest absolute Gasteiger partial charge is 0.469 e. The van der Waals surface area contributed by atoms with Crippen molar-refractivity contribution in [1.82, 2.24) is 9.88 Å². The molecule has 0 saturated heterocycles. The van der Waals surface area contributed by atoms with Crippen LogP contribution in [0.25, 0.3) is 0 Å². The van der Waals surface area contributed by atoms with Gasteiger partial charge in [0.25, 0.3) is 0 Å². The average molecular weight is 216 g/mol. The van der Waals surface area contributed by atoms with Gasteiger partial charge in [0, 0.05) is 37.4 Å². The first-order valence-corrected chi connectivity index (χ1v) is 5.84. The van der Waals surface area contributed by atoms with Crippen LogP contribution in [0.1, 0.15) is 23.9 Å². The molecule has 0 aliphatic carbocycles. The lowest BCUT2D eigenvalue weighted by Gasteiger charge is -2.26. The molecule has 0 aromatic carbocycles. The van der Waals surface area contributed by atoms with Crippen LogP contribution in [0.4, 0.5) is 0 Å². The van der Waals surface area contributed by atoms with Crippen molar-refractivity contribution in [3.63, 3.8) is 0 Å². The van der Waals surface area contributed by atoms with Crippen LogP contribution in [0.15, 0.2) is 41.1 Å². The minimum atomic E-state index is 0.467. The van der Waals surface area contributed by atoms with Crippen molar-refractivity contribution in [3.05, 3.63) is 48.2 Å². The highest BCUT2D eigenvalue weighted by atomic mass is 16.3. The summed E-state index contributed by atoms with van der Waals surface area (Å²) in [4.78, 5) is 0. The molecule has 2 aromatic heterocycles. The summed E-state index contributed by atoms with van der Waals surface area (Å²) in [6.07, 6.45) is 6.00. The third kappa shape index (κ3) is 1.78. The third-order valence-electron chi connectivity index (χ3n) is 3.22. The Balaban J connectivity index is 1.69. The molecular formula is C13H16N2O. The highest BCUT2D eigenvalue weighted by Gasteiger charge is 2.18. The monoisotopic (exact) mass is 216 g/mol. The van der Waals surface area contributed by atoms with E-state index < -0.39 is 0 Å². The lowest BCUT2D eigenvalue weighted by molar-refractivity contribution is 0.392. The molecule has 3 heterocycles. The van der Waals surface area contributed by atoms with E-state index in [1.54, 1.807) is 6.26 Å². The summed E-state index contributed by atoms with van der Waals surface area (Å²) in [5.74, 6) is 1.07. The van der Waals surface area contributed by atoms with Gasteiger partial charge >= 0.3 is 0 Å². The van der Waals surface area contributed by atoms with E-state index in [0.717, 1.165) is 31.7 Å². The van der Waals surface area contributed by atoms with E-state index in [1.807, 2.05) is 12.1 Å². The number of furan rings is 1. The smallest absolute Gasteiger partial charge is 0.103 e. The fraction of sp³-hybridized carbons (Fsp3) is 0.385. The van der Waals surface area contributed by atoms with Gasteiger partial charge in [0.2, 0.25) is 0 Å². The minimum absolute atomic E-state index is 0.467. The van der Waals surface area contributed by atoms with Gasteiger partial charge in [-0.05, 0) is 30.7 Å². The Morgan fingerprint density at radius 1 is 1.38 bits per heavy atom. The molecule has 0 unspecified atom stereocenters. The summed E-state index contributed by atoms with van der Waals surface area (Å²) >= 11 is 0. The van der Waals surface area contributed by atoms with E-state index in [9.17, 15) is 0 Å². The van der Waals surface area contributed by atoms with Crippen molar-refractivity contribution in [2.75, 3.05) is 6.54 Å². The zero-order valence-electron chi connectivity index (χ0n) is 9.23. The molecule has 0 radical (unpaired) electrons. The van der Waals surface area contributed by atoms with Crippen LogP contribution in [0.2, 0.25) is 0 Å². The molecule has 2 aromatic rings. The molecule has 1 aliphatic heterocycles. The fourth-order valence-electron chi connectivity index (χ4n) is 2.40. The van der Waals surface area contributed by atoms with Gasteiger partial charge in [-0.2, -0.15) is 0 Å². The van der Waals surface area contributed by atoms with Gasteiger partial charge < -0.3 is 14.3 Å². The summed E-state index contributed by atoms with van der Waals surface area (Å²) in [7, 11) is 0. The predicted octanol–water partition coefficient (Wildman–Crippen LogP) is 2.36. The van der Waals surface area contributed by atoms with Crippen molar-refractivity contribution in [2.45, 2.75) is 25.4 Å². The molecule has 0 saturated carbocycles. The van der Waals surface area contributed by atoms with Gasteiger partial charge in [0.1, 0.15) is 5.76 Å². The summed E-state index contributed by atoms with van der Waals surface area (Å²) in [6, 6.07) is 8.80. The first kappa shape index (κ1) is 9.73. The van der Waals surface area contributed by atoms with Crippen LogP contribution >= 0.6 is 0 Å². The molecule has 3 nitrogen and oxygen atoms in total. The summed E-state index contributed by atoms with van der Waals surface area (Å²) in [6.45, 7) is 2.14. The summed E-state index contributed by atoms with van der Waals surface area (Å²) in [5.41, 5.74) is 1.40. The van der Waals surface area contributed by atoms with Crippen LogP contribution in [-0.2, 0) is 13.0 Å². The highest BCUT2D eigenvalue weighted by Crippen LogP contribution is 2.22. The topological polar surface area (TPSA) is 30.1 Å². The maximum Gasteiger partial charge on any atom is 0.103 e. The zero-order valence-corrected chi connectivity index (χ0v) is 9.23. The Hall–Kier alpha value is -1.48. The lowest BCUT2D eigenvalue weighted by Crippen LogP contribution is -2.33. The van der Waals surface area contributed by atoms with Gasteiger partial charge in [-0.25, -0.2) is 0 Å². The second kappa shape index (κ2) is 4.18. The van der Waals surface area contributed by atoms with E-state index in [0.29, 0.717) is 6.04 Å². The van der Waals surface area contributed by atoms with E-state index >= 15 is 0 Å². The van der Waals surface area contributed by atoms with Crippen LogP contribution in [0.5, 0.6) is 0 Å². The zero-order chi connectivity index (χ0) is 10.8. The molecule has 0 fully saturated rings. The Labute approximate surface area is 95.1 Å². The standard InChI is InChI=1S/C13H16N2O/c1-4-13-12(14-7-9-15(13)8-1)6-5-11-3-2-10-16-11/h1-4,8,10,12,14H,5-7,9H2/t12-/m0/s1. The average Bonchev–Trinajstić information content (AvgIpc) is 2.97. The SMILES string of the molecule is c1coc(CC[C@@H]2NCCn3cccc32)c1. The molecule has 0 amide bonds. The summed E-state index contributed by atoms with van der Waals surface area (Å²) < 4.78 is 7.70. The molecule has 1 N–H and O–H groups in total. The Kier molecular flexibility index (Phi) is 2.54. The van der Waals surface area contributed by atoms with Crippen molar-refractivity contribution in [1.29, 1.82) is 0 Å². The van der Waals surface area contributed by atoms with E-state index in [-0.39, 0.29) is 0 Å². The van der Waals surface area contributed by atoms with E-state index in [1.165, 1.54) is 5.69 Å². The van der Waals surface area contributed by atoms with Gasteiger partial charge in [0.05, 0.1) is 6.26 Å². The van der Waals surface area contributed by atoms with E-state index in [2.05, 4.69) is 28.2 Å². The number of nitrogens with one attached hydrogen (secondary N) is 1. The predicted molar refractivity (Wildman–Crippen MR) is 62.2 cm³/mol. The first-order chi connectivity index (χ1) is 7.93. The maximum absolute atomic E-state index is 5.36. The number of fused-ring (bicyclic) bond motifs is 1. The second-order valence-corrected chi connectivity index (χ2v) is 4.25. The molecule has 0 spiro atoms. The number of rotatable bonds is 3. The quantitative estimate of drug-likeness (QED) is 0.853. The van der Waals surface area contributed by atoms with Crippen molar-refractivity contribution in [2.24, 2.45) is 0 Å². The number of nitrogens with zero attached hydrogens (tertiary/aromatic N) is 1. The van der Waals surface area contributed by atoms with Gasteiger partial charge in [-0.1, -0.05) is 0 Å². The highest BCUT2D eigenvalue weighted by molar-refractivity contribution is 5.14. The molecule has 0 bridgehead atoms. The van der Waals surface area contributed by atoms with Crippen LogP contribution in [0, 0.1) is 0 Å². The molecule has 84 valence electrons. The molecule has 3 rings (SSSR count).